The number of piperazine rings is 1. The van der Waals surface area contributed by atoms with E-state index in [0.717, 1.165) is 48.6 Å². The van der Waals surface area contributed by atoms with Gasteiger partial charge >= 0.3 is 0 Å². The highest BCUT2D eigenvalue weighted by Crippen LogP contribution is 2.40. The first-order valence-electron chi connectivity index (χ1n) is 12.6. The lowest BCUT2D eigenvalue weighted by Crippen LogP contribution is -2.44. The largest absolute Gasteiger partial charge is 0.437 e. The van der Waals surface area contributed by atoms with Gasteiger partial charge in [-0.25, -0.2) is 18.1 Å². The van der Waals surface area contributed by atoms with Gasteiger partial charge in [-0.1, -0.05) is 41.4 Å². The Balaban J connectivity index is 1.56. The highest BCUT2D eigenvalue weighted by atomic mass is 35.5. The van der Waals surface area contributed by atoms with Gasteiger partial charge in [0.1, 0.15) is 9.92 Å². The fraction of sp³-hybridized carbons (Fsp3) is 0.296. The van der Waals surface area contributed by atoms with Crippen LogP contribution in [0.3, 0.4) is 0 Å². The number of nitrogens with zero attached hydrogens (tertiary/aromatic N) is 6. The summed E-state index contributed by atoms with van der Waals surface area (Å²) in [6, 6.07) is 11.2. The lowest BCUT2D eigenvalue weighted by atomic mass is 10.00. The Hall–Kier alpha value is -3.38. The molecule has 1 saturated heterocycles. The van der Waals surface area contributed by atoms with Crippen molar-refractivity contribution in [3.63, 3.8) is 0 Å². The van der Waals surface area contributed by atoms with Gasteiger partial charge in [0.2, 0.25) is 11.8 Å². The number of sulfonamides is 1. The average molecular weight is 603 g/mol. The Morgan fingerprint density at radius 2 is 1.68 bits per heavy atom. The molecular formula is C27H29Cl2N7O3S. The molecule has 13 heteroatoms. The minimum atomic E-state index is -4.01. The topological polar surface area (TPSA) is 105 Å². The van der Waals surface area contributed by atoms with E-state index in [1.807, 2.05) is 44.2 Å². The number of aryl methyl sites for hydroxylation is 3. The van der Waals surface area contributed by atoms with E-state index in [1.54, 1.807) is 13.1 Å². The van der Waals surface area contributed by atoms with Crippen LogP contribution in [0.1, 0.15) is 11.1 Å². The van der Waals surface area contributed by atoms with Gasteiger partial charge in [-0.05, 0) is 38.1 Å². The molecule has 1 N–H and O–H groups in total. The highest BCUT2D eigenvalue weighted by molar-refractivity contribution is 7.92. The molecule has 5 rings (SSSR count). The molecule has 4 aromatic rings. The second kappa shape index (κ2) is 11.2. The summed E-state index contributed by atoms with van der Waals surface area (Å²) >= 11 is 13.1. The zero-order valence-corrected chi connectivity index (χ0v) is 24.8. The number of hydrogen-bond acceptors (Lipinski definition) is 8. The van der Waals surface area contributed by atoms with Gasteiger partial charge in [0.25, 0.3) is 10.0 Å². The molecule has 0 unspecified atom stereocenters. The monoisotopic (exact) mass is 601 g/mol. The van der Waals surface area contributed by atoms with E-state index >= 15 is 0 Å². The van der Waals surface area contributed by atoms with Crippen molar-refractivity contribution in [1.29, 1.82) is 0 Å². The number of rotatable bonds is 7. The molecule has 10 nitrogen and oxygen atoms in total. The molecule has 0 amide bonds. The van der Waals surface area contributed by atoms with Gasteiger partial charge in [0.05, 0.1) is 16.9 Å². The minimum absolute atomic E-state index is 0.0201. The molecule has 2 aromatic carbocycles. The maximum atomic E-state index is 13.1. The standard InChI is InChI=1S/C27H29Cl2N7O3S/c1-17-6-5-7-18(2)25(17)22-14-24(32-27(31-22)33-40(37,38)20-15-30-35(4)16-20)39-23-13-19(12-21(28)26(23)29)36-10-8-34(3)9-11-36/h5-7,12-16H,8-11H2,1-4H3,(H,31,32,33). The van der Waals surface area contributed by atoms with Gasteiger partial charge < -0.3 is 14.5 Å². The third kappa shape index (κ3) is 6.02. The number of hydrogen-bond donors (Lipinski definition) is 1. The number of ether oxygens (including phenoxy) is 1. The number of benzene rings is 2. The van der Waals surface area contributed by atoms with Crippen LogP contribution >= 0.6 is 23.2 Å². The molecule has 0 aliphatic carbocycles. The van der Waals surface area contributed by atoms with E-state index in [9.17, 15) is 8.42 Å². The third-order valence-electron chi connectivity index (χ3n) is 6.72. The Morgan fingerprint density at radius 1 is 0.975 bits per heavy atom. The Kier molecular flexibility index (Phi) is 7.92. The molecule has 1 fully saturated rings. The SMILES string of the molecule is Cc1cccc(C)c1-c1cc(Oc2cc(N3CCN(C)CC3)cc(Cl)c2Cl)nc(NS(=O)(=O)c2cnn(C)c2)n1. The van der Waals surface area contributed by atoms with Crippen LogP contribution < -0.4 is 14.4 Å². The van der Waals surface area contributed by atoms with E-state index in [1.165, 1.54) is 17.1 Å². The first kappa shape index (κ1) is 28.2. The fourth-order valence-corrected chi connectivity index (χ4v) is 5.85. The van der Waals surface area contributed by atoms with Crippen molar-refractivity contribution in [3.05, 3.63) is 70.0 Å². The molecule has 2 aromatic heterocycles. The van der Waals surface area contributed by atoms with Crippen molar-refractivity contribution < 1.29 is 13.2 Å². The number of halogens is 2. The van der Waals surface area contributed by atoms with Crippen LogP contribution in [-0.4, -0.2) is 66.3 Å². The minimum Gasteiger partial charge on any atom is -0.437 e. The summed E-state index contributed by atoms with van der Waals surface area (Å²) in [4.78, 5) is 13.4. The lowest BCUT2D eigenvalue weighted by Gasteiger charge is -2.34. The fourth-order valence-electron chi connectivity index (χ4n) is 4.57. The van der Waals surface area contributed by atoms with Crippen LogP contribution in [0.4, 0.5) is 11.6 Å². The van der Waals surface area contributed by atoms with Crippen molar-refractivity contribution in [1.82, 2.24) is 24.6 Å². The van der Waals surface area contributed by atoms with Gasteiger partial charge in [-0.3, -0.25) is 4.68 Å². The summed E-state index contributed by atoms with van der Waals surface area (Å²) in [5.74, 6) is 0.247. The van der Waals surface area contributed by atoms with Gasteiger partial charge in [0.15, 0.2) is 5.75 Å². The van der Waals surface area contributed by atoms with Crippen LogP contribution in [0.5, 0.6) is 11.6 Å². The lowest BCUT2D eigenvalue weighted by molar-refractivity contribution is 0.313. The highest BCUT2D eigenvalue weighted by Gasteiger charge is 2.22. The number of anilines is 2. The Morgan fingerprint density at radius 3 is 2.33 bits per heavy atom. The van der Waals surface area contributed by atoms with E-state index in [0.29, 0.717) is 16.5 Å². The molecule has 0 radical (unpaired) electrons. The van der Waals surface area contributed by atoms with Crippen molar-refractivity contribution in [2.75, 3.05) is 42.8 Å². The second-order valence-electron chi connectivity index (χ2n) is 9.77. The Bertz CT molecular complexity index is 1650. The molecule has 40 heavy (non-hydrogen) atoms. The maximum absolute atomic E-state index is 13.1. The molecule has 3 heterocycles. The summed E-state index contributed by atoms with van der Waals surface area (Å²) in [7, 11) is -0.294. The molecule has 1 aliphatic heterocycles. The molecule has 0 bridgehead atoms. The van der Waals surface area contributed by atoms with Gasteiger partial charge in [-0.2, -0.15) is 10.1 Å². The quantitative estimate of drug-likeness (QED) is 0.310. The average Bonchev–Trinajstić information content (AvgIpc) is 3.34. The smallest absolute Gasteiger partial charge is 0.267 e. The van der Waals surface area contributed by atoms with Crippen molar-refractivity contribution >= 4 is 44.9 Å². The zero-order valence-electron chi connectivity index (χ0n) is 22.5. The predicted molar refractivity (Wildman–Crippen MR) is 157 cm³/mol. The first-order valence-corrected chi connectivity index (χ1v) is 14.8. The first-order chi connectivity index (χ1) is 19.0. The van der Waals surface area contributed by atoms with Crippen molar-refractivity contribution in [3.8, 4) is 22.9 Å². The third-order valence-corrected chi connectivity index (χ3v) is 8.79. The molecule has 1 aliphatic rings. The van der Waals surface area contributed by atoms with Crippen LogP contribution in [0, 0.1) is 13.8 Å². The van der Waals surface area contributed by atoms with E-state index in [2.05, 4.69) is 36.6 Å². The molecule has 210 valence electrons. The van der Waals surface area contributed by atoms with E-state index < -0.39 is 10.0 Å². The molecule has 0 atom stereocenters. The number of nitrogens with one attached hydrogen (secondary N) is 1. The van der Waals surface area contributed by atoms with Crippen molar-refractivity contribution in [2.45, 2.75) is 18.7 Å². The molecule has 0 spiro atoms. The van der Waals surface area contributed by atoms with E-state index in [4.69, 9.17) is 27.9 Å². The normalized spacial score (nSPS) is 14.4. The number of likely N-dealkylation sites (N-methyl/N-ethyl adjacent to an activating group) is 1. The Labute approximate surface area is 243 Å². The maximum Gasteiger partial charge on any atom is 0.267 e. The predicted octanol–water partition coefficient (Wildman–Crippen LogP) is 5.15. The second-order valence-corrected chi connectivity index (χ2v) is 12.2. The summed E-state index contributed by atoms with van der Waals surface area (Å²) < 4.78 is 36.2. The molecular weight excluding hydrogens is 573 g/mol. The van der Waals surface area contributed by atoms with Crippen molar-refractivity contribution in [2.24, 2.45) is 7.05 Å². The van der Waals surface area contributed by atoms with Crippen LogP contribution in [0.15, 0.2) is 53.7 Å². The van der Waals surface area contributed by atoms with Crippen LogP contribution in [-0.2, 0) is 17.1 Å². The summed E-state index contributed by atoms with van der Waals surface area (Å²) in [6.45, 7) is 7.42. The summed E-state index contributed by atoms with van der Waals surface area (Å²) in [5.41, 5.74) is 4.13. The summed E-state index contributed by atoms with van der Waals surface area (Å²) in [6.07, 6.45) is 2.64. The van der Waals surface area contributed by atoms with E-state index in [-0.39, 0.29) is 21.7 Å². The van der Waals surface area contributed by atoms with Crippen LogP contribution in [0.2, 0.25) is 10.0 Å². The molecule has 0 saturated carbocycles. The zero-order chi connectivity index (χ0) is 28.6. The van der Waals surface area contributed by atoms with Gasteiger partial charge in [0, 0.05) is 62.8 Å². The van der Waals surface area contributed by atoms with Gasteiger partial charge in [-0.15, -0.1) is 0 Å². The number of aromatic nitrogens is 4. The summed E-state index contributed by atoms with van der Waals surface area (Å²) in [5, 5.41) is 4.52. The van der Waals surface area contributed by atoms with Crippen LogP contribution in [0.25, 0.3) is 11.3 Å².